The van der Waals surface area contributed by atoms with Crippen molar-refractivity contribution in [3.63, 3.8) is 0 Å². The number of carbonyl (C=O) groups excluding carboxylic acids is 3. The molecule has 2 amide bonds. The number of carboxylic acids is 1. The molecule has 0 bridgehead atoms. The Bertz CT molecular complexity index is 1400. The van der Waals surface area contributed by atoms with E-state index in [2.05, 4.69) is 15.6 Å². The van der Waals surface area contributed by atoms with Crippen LogP contribution in [0.4, 0.5) is 5.69 Å². The number of H-pyrrole nitrogens is 1. The van der Waals surface area contributed by atoms with Crippen LogP contribution in [0, 0.1) is 13.8 Å². The maximum absolute atomic E-state index is 13.1. The molecule has 184 valence electrons. The van der Waals surface area contributed by atoms with Gasteiger partial charge in [0.2, 0.25) is 0 Å². The number of aryl methyl sites for hydroxylation is 1. The van der Waals surface area contributed by atoms with Gasteiger partial charge < -0.3 is 25.5 Å². The van der Waals surface area contributed by atoms with Crippen LogP contribution >= 0.6 is 0 Å². The first-order chi connectivity index (χ1) is 17.2. The van der Waals surface area contributed by atoms with Crippen LogP contribution in [0.5, 0.6) is 0 Å². The smallest absolute Gasteiger partial charge is 0.337 e. The quantitative estimate of drug-likeness (QED) is 0.298. The Morgan fingerprint density at radius 1 is 1.11 bits per heavy atom. The van der Waals surface area contributed by atoms with Crippen LogP contribution in [-0.2, 0) is 20.7 Å². The van der Waals surface area contributed by atoms with E-state index in [0.29, 0.717) is 28.2 Å². The molecule has 9 heteroatoms. The predicted molar refractivity (Wildman–Crippen MR) is 134 cm³/mol. The first-order valence-electron chi connectivity index (χ1n) is 11.2. The molecule has 0 radical (unpaired) electrons. The van der Waals surface area contributed by atoms with E-state index in [1.807, 2.05) is 30.3 Å². The molecule has 0 aliphatic carbocycles. The number of carbonyl (C=O) groups is 4. The van der Waals surface area contributed by atoms with Crippen LogP contribution in [0.25, 0.3) is 11.6 Å². The maximum Gasteiger partial charge on any atom is 0.337 e. The second kappa shape index (κ2) is 9.91. The fourth-order valence-electron chi connectivity index (χ4n) is 4.28. The lowest BCUT2D eigenvalue weighted by Gasteiger charge is -2.17. The number of aromatic nitrogens is 1. The Hall–Kier alpha value is -4.66. The number of carboxylic acid groups (broad SMARTS) is 1. The molecule has 2 heterocycles. The maximum atomic E-state index is 13.1. The van der Waals surface area contributed by atoms with E-state index >= 15 is 0 Å². The molecule has 1 aliphatic rings. The van der Waals surface area contributed by atoms with Crippen molar-refractivity contribution in [3.05, 3.63) is 87.7 Å². The van der Waals surface area contributed by atoms with Crippen LogP contribution in [0.3, 0.4) is 0 Å². The number of nitrogens with one attached hydrogen (secondary N) is 3. The van der Waals surface area contributed by atoms with Crippen molar-refractivity contribution in [3.8, 4) is 0 Å². The minimum Gasteiger partial charge on any atom is -0.478 e. The highest BCUT2D eigenvalue weighted by molar-refractivity contribution is 6.35. The number of methoxy groups -OCH3 is 1. The summed E-state index contributed by atoms with van der Waals surface area (Å²) in [5.74, 6) is -2.50. The van der Waals surface area contributed by atoms with E-state index in [-0.39, 0.29) is 29.0 Å². The summed E-state index contributed by atoms with van der Waals surface area (Å²) in [7, 11) is 1.26. The standard InChI is InChI=1S/C27H25N3O6/c1-14-21(28-15(2)23(14)26(33)34)13-19-18-12-17(9-10-20(18)29-25(19)32)24(31)30-22(27(35)36-3)11-16-7-5-4-6-8-16/h4-10,12-13,22,28H,11H2,1-3H3,(H,29,32)(H,30,31)(H,33,34)/b19-13-. The number of anilines is 1. The summed E-state index contributed by atoms with van der Waals surface area (Å²) in [5.41, 5.74) is 4.05. The normalized spacial score (nSPS) is 14.2. The van der Waals surface area contributed by atoms with Crippen LogP contribution in [0.2, 0.25) is 0 Å². The van der Waals surface area contributed by atoms with Crippen molar-refractivity contribution in [1.29, 1.82) is 0 Å². The lowest BCUT2D eigenvalue weighted by atomic mass is 10.0. The Labute approximate surface area is 207 Å². The molecule has 1 aliphatic heterocycles. The van der Waals surface area contributed by atoms with E-state index in [9.17, 15) is 24.3 Å². The van der Waals surface area contributed by atoms with Crippen molar-refractivity contribution < 1.29 is 29.0 Å². The third-order valence-corrected chi connectivity index (χ3v) is 6.12. The van der Waals surface area contributed by atoms with Crippen LogP contribution in [0.1, 0.15) is 48.8 Å². The average molecular weight is 488 g/mol. The van der Waals surface area contributed by atoms with Gasteiger partial charge in [-0.3, -0.25) is 9.59 Å². The molecule has 4 rings (SSSR count). The molecular weight excluding hydrogens is 462 g/mol. The second-order valence-corrected chi connectivity index (χ2v) is 8.48. The van der Waals surface area contributed by atoms with Gasteiger partial charge in [0.1, 0.15) is 6.04 Å². The number of esters is 1. The van der Waals surface area contributed by atoms with Crippen molar-refractivity contribution in [2.45, 2.75) is 26.3 Å². The van der Waals surface area contributed by atoms with Gasteiger partial charge in [-0.2, -0.15) is 0 Å². The molecule has 1 atom stereocenters. The van der Waals surface area contributed by atoms with E-state index < -0.39 is 23.9 Å². The third kappa shape index (κ3) is 4.76. The second-order valence-electron chi connectivity index (χ2n) is 8.48. The molecule has 3 aromatic rings. The molecular formula is C27H25N3O6. The monoisotopic (exact) mass is 487 g/mol. The lowest BCUT2D eigenvalue weighted by molar-refractivity contribution is -0.142. The van der Waals surface area contributed by atoms with Crippen molar-refractivity contribution in [2.75, 3.05) is 12.4 Å². The van der Waals surface area contributed by atoms with Gasteiger partial charge in [0.05, 0.1) is 18.2 Å². The van der Waals surface area contributed by atoms with E-state index in [0.717, 1.165) is 5.56 Å². The number of rotatable bonds is 7. The Balaban J connectivity index is 1.63. The van der Waals surface area contributed by atoms with Gasteiger partial charge in [-0.15, -0.1) is 0 Å². The molecule has 0 saturated carbocycles. The predicted octanol–water partition coefficient (Wildman–Crippen LogP) is 3.34. The van der Waals surface area contributed by atoms with E-state index in [1.54, 1.807) is 38.1 Å². The van der Waals surface area contributed by atoms with Gasteiger partial charge in [-0.25, -0.2) is 9.59 Å². The number of ether oxygens (including phenoxy) is 1. The van der Waals surface area contributed by atoms with Gasteiger partial charge in [0.15, 0.2) is 0 Å². The number of hydrogen-bond acceptors (Lipinski definition) is 5. The highest BCUT2D eigenvalue weighted by atomic mass is 16.5. The third-order valence-electron chi connectivity index (χ3n) is 6.12. The van der Waals surface area contributed by atoms with Gasteiger partial charge in [-0.1, -0.05) is 30.3 Å². The largest absolute Gasteiger partial charge is 0.478 e. The number of hydrogen-bond donors (Lipinski definition) is 4. The highest BCUT2D eigenvalue weighted by Crippen LogP contribution is 2.34. The molecule has 0 fully saturated rings. The molecule has 0 saturated heterocycles. The zero-order valence-electron chi connectivity index (χ0n) is 20.0. The number of aromatic amines is 1. The number of fused-ring (bicyclic) bond motifs is 1. The summed E-state index contributed by atoms with van der Waals surface area (Å²) in [6, 6.07) is 13.1. The SMILES string of the molecule is COC(=O)C(Cc1ccccc1)NC(=O)c1ccc2c(c1)/C(=C/c1[nH]c(C)c(C(=O)O)c1C)C(=O)N2. The fraction of sp³-hybridized carbons (Fsp3) is 0.185. The fourth-order valence-corrected chi connectivity index (χ4v) is 4.28. The van der Waals surface area contributed by atoms with Crippen molar-refractivity contribution in [2.24, 2.45) is 0 Å². The summed E-state index contributed by atoms with van der Waals surface area (Å²) in [4.78, 5) is 52.7. The molecule has 0 spiro atoms. The zero-order chi connectivity index (χ0) is 26.0. The molecule has 36 heavy (non-hydrogen) atoms. The molecule has 4 N–H and O–H groups in total. The van der Waals surface area contributed by atoms with Crippen LogP contribution in [-0.4, -0.2) is 47.0 Å². The highest BCUT2D eigenvalue weighted by Gasteiger charge is 2.28. The van der Waals surface area contributed by atoms with Crippen molar-refractivity contribution >= 4 is 41.1 Å². The first-order valence-corrected chi connectivity index (χ1v) is 11.2. The number of benzene rings is 2. The van der Waals surface area contributed by atoms with E-state index in [1.165, 1.54) is 7.11 Å². The molecule has 2 aromatic carbocycles. The summed E-state index contributed by atoms with van der Waals surface area (Å²) in [6.07, 6.45) is 1.83. The van der Waals surface area contributed by atoms with Gasteiger partial charge in [0.25, 0.3) is 11.8 Å². The van der Waals surface area contributed by atoms with Crippen molar-refractivity contribution in [1.82, 2.24) is 10.3 Å². The Kier molecular flexibility index (Phi) is 6.73. The van der Waals surface area contributed by atoms with E-state index in [4.69, 9.17) is 4.74 Å². The molecule has 1 unspecified atom stereocenters. The van der Waals surface area contributed by atoms with Gasteiger partial charge in [-0.05, 0) is 49.2 Å². The molecule has 9 nitrogen and oxygen atoms in total. The average Bonchev–Trinajstić information content (AvgIpc) is 3.32. The lowest BCUT2D eigenvalue weighted by Crippen LogP contribution is -2.43. The number of amides is 2. The topological polar surface area (TPSA) is 138 Å². The summed E-state index contributed by atoms with van der Waals surface area (Å²) < 4.78 is 4.87. The van der Waals surface area contributed by atoms with Gasteiger partial charge >= 0.3 is 11.9 Å². The summed E-state index contributed by atoms with van der Waals surface area (Å²) in [6.45, 7) is 3.31. The van der Waals surface area contributed by atoms with Crippen LogP contribution in [0.15, 0.2) is 48.5 Å². The zero-order valence-corrected chi connectivity index (χ0v) is 20.0. The first kappa shape index (κ1) is 24.5. The number of aromatic carboxylic acids is 1. The minimum atomic E-state index is -1.06. The molecule has 1 aromatic heterocycles. The van der Waals surface area contributed by atoms with Crippen LogP contribution < -0.4 is 10.6 Å². The minimum absolute atomic E-state index is 0.154. The Morgan fingerprint density at radius 2 is 1.83 bits per heavy atom. The Morgan fingerprint density at radius 3 is 2.47 bits per heavy atom. The summed E-state index contributed by atoms with van der Waals surface area (Å²) >= 11 is 0. The summed E-state index contributed by atoms with van der Waals surface area (Å²) in [5, 5.41) is 14.9. The van der Waals surface area contributed by atoms with Gasteiger partial charge in [0, 0.05) is 34.6 Å².